The third-order valence-electron chi connectivity index (χ3n) is 4.06. The van der Waals surface area contributed by atoms with Gasteiger partial charge in [0.15, 0.2) is 0 Å². The van der Waals surface area contributed by atoms with E-state index in [4.69, 9.17) is 10.8 Å². The van der Waals surface area contributed by atoms with Crippen molar-refractivity contribution in [2.24, 2.45) is 23.5 Å². The molecule has 7 heteroatoms. The SMILES string of the molecule is C[C@@H]1CN(C(=O)N2CCC(C(N)=O)C2)C[C@H]1C(=O)O. The number of nitrogens with two attached hydrogens (primary N) is 1. The molecule has 19 heavy (non-hydrogen) atoms. The molecule has 3 N–H and O–H groups in total. The van der Waals surface area contributed by atoms with Gasteiger partial charge in [0.2, 0.25) is 5.91 Å². The van der Waals surface area contributed by atoms with E-state index in [0.29, 0.717) is 26.1 Å². The quantitative estimate of drug-likeness (QED) is 0.709. The predicted octanol–water partition coefficient (Wildman–Crippen LogP) is -0.434. The van der Waals surface area contributed by atoms with Crippen molar-refractivity contribution in [2.45, 2.75) is 13.3 Å². The van der Waals surface area contributed by atoms with Crippen molar-refractivity contribution in [3.05, 3.63) is 0 Å². The first kappa shape index (κ1) is 13.6. The minimum absolute atomic E-state index is 0.0454. The van der Waals surface area contributed by atoms with Gasteiger partial charge in [0.1, 0.15) is 0 Å². The van der Waals surface area contributed by atoms with Crippen LogP contribution in [-0.4, -0.2) is 59.0 Å². The number of likely N-dealkylation sites (tertiary alicyclic amines) is 2. The fraction of sp³-hybridized carbons (Fsp3) is 0.750. The monoisotopic (exact) mass is 269 g/mol. The summed E-state index contributed by atoms with van der Waals surface area (Å²) in [6, 6.07) is -0.181. The fourth-order valence-corrected chi connectivity index (χ4v) is 2.81. The number of carboxylic acids is 1. The van der Waals surface area contributed by atoms with Crippen LogP contribution in [0.3, 0.4) is 0 Å². The number of amides is 3. The van der Waals surface area contributed by atoms with Crippen LogP contribution in [0, 0.1) is 17.8 Å². The molecule has 106 valence electrons. The molecule has 2 rings (SSSR count). The molecule has 1 unspecified atom stereocenters. The summed E-state index contributed by atoms with van der Waals surface area (Å²) in [5, 5.41) is 9.05. The van der Waals surface area contributed by atoms with Crippen LogP contribution in [0.25, 0.3) is 0 Å². The van der Waals surface area contributed by atoms with Gasteiger partial charge in [-0.05, 0) is 12.3 Å². The molecule has 3 amide bonds. The van der Waals surface area contributed by atoms with Crippen LogP contribution in [0.5, 0.6) is 0 Å². The fourth-order valence-electron chi connectivity index (χ4n) is 2.81. The highest BCUT2D eigenvalue weighted by atomic mass is 16.4. The van der Waals surface area contributed by atoms with Gasteiger partial charge in [0.05, 0.1) is 11.8 Å². The number of hydrogen-bond donors (Lipinski definition) is 2. The van der Waals surface area contributed by atoms with E-state index >= 15 is 0 Å². The van der Waals surface area contributed by atoms with Gasteiger partial charge in [-0.25, -0.2) is 4.79 Å². The summed E-state index contributed by atoms with van der Waals surface area (Å²) >= 11 is 0. The lowest BCUT2D eigenvalue weighted by Crippen LogP contribution is -2.42. The van der Waals surface area contributed by atoms with Crippen LogP contribution in [0.2, 0.25) is 0 Å². The lowest BCUT2D eigenvalue weighted by Gasteiger charge is -2.24. The van der Waals surface area contributed by atoms with Gasteiger partial charge >= 0.3 is 12.0 Å². The minimum atomic E-state index is -0.862. The summed E-state index contributed by atoms with van der Waals surface area (Å²) in [7, 11) is 0. The summed E-state index contributed by atoms with van der Waals surface area (Å²) in [6.07, 6.45) is 0.590. The van der Waals surface area contributed by atoms with Crippen molar-refractivity contribution < 1.29 is 19.5 Å². The van der Waals surface area contributed by atoms with Crippen molar-refractivity contribution >= 4 is 17.9 Å². The molecule has 2 aliphatic heterocycles. The van der Waals surface area contributed by atoms with E-state index in [2.05, 4.69) is 0 Å². The summed E-state index contributed by atoms with van der Waals surface area (Å²) < 4.78 is 0. The van der Waals surface area contributed by atoms with Gasteiger partial charge in [-0.3, -0.25) is 9.59 Å². The zero-order valence-electron chi connectivity index (χ0n) is 10.9. The predicted molar refractivity (Wildman–Crippen MR) is 66.1 cm³/mol. The summed E-state index contributed by atoms with van der Waals surface area (Å²) in [4.78, 5) is 37.5. The largest absolute Gasteiger partial charge is 0.481 e. The molecule has 0 aromatic rings. The first-order valence-electron chi connectivity index (χ1n) is 6.46. The van der Waals surface area contributed by atoms with E-state index in [1.165, 1.54) is 0 Å². The van der Waals surface area contributed by atoms with Crippen LogP contribution >= 0.6 is 0 Å². The molecule has 0 aliphatic carbocycles. The van der Waals surface area contributed by atoms with Crippen LogP contribution in [0.1, 0.15) is 13.3 Å². The van der Waals surface area contributed by atoms with E-state index in [0.717, 1.165) is 0 Å². The summed E-state index contributed by atoms with van der Waals surface area (Å²) in [5.74, 6) is -2.07. The number of aliphatic carboxylic acids is 1. The highest BCUT2D eigenvalue weighted by molar-refractivity contribution is 5.81. The number of carbonyl (C=O) groups is 3. The molecule has 0 radical (unpaired) electrons. The highest BCUT2D eigenvalue weighted by Gasteiger charge is 2.40. The number of carboxylic acid groups (broad SMARTS) is 1. The lowest BCUT2D eigenvalue weighted by atomic mass is 9.99. The Bertz CT molecular complexity index is 412. The number of rotatable bonds is 2. The molecule has 2 fully saturated rings. The number of urea groups is 1. The van der Waals surface area contributed by atoms with E-state index in [-0.39, 0.29) is 30.3 Å². The van der Waals surface area contributed by atoms with Crippen molar-refractivity contribution in [2.75, 3.05) is 26.2 Å². The zero-order valence-corrected chi connectivity index (χ0v) is 10.9. The van der Waals surface area contributed by atoms with Crippen LogP contribution in [0.4, 0.5) is 4.79 Å². The van der Waals surface area contributed by atoms with Crippen LogP contribution in [0.15, 0.2) is 0 Å². The van der Waals surface area contributed by atoms with Crippen molar-refractivity contribution in [3.63, 3.8) is 0 Å². The van der Waals surface area contributed by atoms with Gasteiger partial charge in [0, 0.05) is 26.2 Å². The summed E-state index contributed by atoms with van der Waals surface area (Å²) in [6.45, 7) is 3.38. The van der Waals surface area contributed by atoms with Gasteiger partial charge in [-0.2, -0.15) is 0 Å². The molecule has 0 aromatic carbocycles. The molecular formula is C12H19N3O4. The molecule has 0 bridgehead atoms. The van der Waals surface area contributed by atoms with E-state index in [9.17, 15) is 14.4 Å². The third-order valence-corrected chi connectivity index (χ3v) is 4.06. The maximum Gasteiger partial charge on any atom is 0.320 e. The number of nitrogens with zero attached hydrogens (tertiary/aromatic N) is 2. The Hall–Kier alpha value is -1.79. The molecule has 0 spiro atoms. The summed E-state index contributed by atoms with van der Waals surface area (Å²) in [5.41, 5.74) is 5.23. The lowest BCUT2D eigenvalue weighted by molar-refractivity contribution is -0.142. The molecule has 0 saturated carbocycles. The first-order chi connectivity index (χ1) is 8.90. The average molecular weight is 269 g/mol. The number of primary amides is 1. The third kappa shape index (κ3) is 2.64. The highest BCUT2D eigenvalue weighted by Crippen LogP contribution is 2.26. The van der Waals surface area contributed by atoms with E-state index in [1.54, 1.807) is 9.80 Å². The Morgan fingerprint density at radius 3 is 2.32 bits per heavy atom. The second kappa shape index (κ2) is 5.07. The molecule has 7 nitrogen and oxygen atoms in total. The molecule has 2 saturated heterocycles. The maximum absolute atomic E-state index is 12.2. The normalized spacial score (nSPS) is 30.7. The standard InChI is InChI=1S/C12H19N3O4/c1-7-4-15(6-9(7)11(17)18)12(19)14-3-2-8(5-14)10(13)16/h7-9H,2-6H2,1H3,(H2,13,16)(H,17,18)/t7-,8?,9-/m1/s1. The first-order valence-corrected chi connectivity index (χ1v) is 6.46. The van der Waals surface area contributed by atoms with Gasteiger partial charge in [-0.15, -0.1) is 0 Å². The average Bonchev–Trinajstić information content (AvgIpc) is 2.94. The van der Waals surface area contributed by atoms with Gasteiger partial charge in [-0.1, -0.05) is 6.92 Å². The van der Waals surface area contributed by atoms with Crippen molar-refractivity contribution in [3.8, 4) is 0 Å². The Morgan fingerprint density at radius 2 is 1.84 bits per heavy atom. The Morgan fingerprint density at radius 1 is 1.16 bits per heavy atom. The number of carbonyl (C=O) groups excluding carboxylic acids is 2. The van der Waals surface area contributed by atoms with Crippen molar-refractivity contribution in [1.82, 2.24) is 9.80 Å². The minimum Gasteiger partial charge on any atom is -0.481 e. The Balaban J connectivity index is 1.95. The van der Waals surface area contributed by atoms with Gasteiger partial charge in [0.25, 0.3) is 0 Å². The van der Waals surface area contributed by atoms with Crippen molar-refractivity contribution in [1.29, 1.82) is 0 Å². The number of hydrogen-bond acceptors (Lipinski definition) is 3. The zero-order chi connectivity index (χ0) is 14.2. The second-order valence-corrected chi connectivity index (χ2v) is 5.44. The Labute approximate surface area is 111 Å². The molecule has 2 aliphatic rings. The van der Waals surface area contributed by atoms with Crippen LogP contribution in [-0.2, 0) is 9.59 Å². The molecule has 0 aromatic heterocycles. The topological polar surface area (TPSA) is 104 Å². The van der Waals surface area contributed by atoms with E-state index in [1.807, 2.05) is 6.92 Å². The van der Waals surface area contributed by atoms with E-state index < -0.39 is 11.9 Å². The second-order valence-electron chi connectivity index (χ2n) is 5.44. The molecule has 3 atom stereocenters. The maximum atomic E-state index is 12.2. The van der Waals surface area contributed by atoms with Crippen LogP contribution < -0.4 is 5.73 Å². The smallest absolute Gasteiger partial charge is 0.320 e. The molecule has 2 heterocycles. The Kier molecular flexibility index (Phi) is 3.64. The van der Waals surface area contributed by atoms with Gasteiger partial charge < -0.3 is 20.6 Å². The molecular weight excluding hydrogens is 250 g/mol.